The van der Waals surface area contributed by atoms with Gasteiger partial charge in [0, 0.05) is 17.9 Å². The normalized spacial score (nSPS) is 15.7. The number of aryl methyl sites for hydroxylation is 1. The summed E-state index contributed by atoms with van der Waals surface area (Å²) in [6.07, 6.45) is 4.00. The topological polar surface area (TPSA) is 15.3 Å². The molecule has 0 aromatic heterocycles. The summed E-state index contributed by atoms with van der Waals surface area (Å²) in [5.74, 6) is -0.218. The number of halogens is 1. The molecular formula is C19H23FN2. The zero-order valence-electron chi connectivity index (χ0n) is 13.1. The smallest absolute Gasteiger partial charge is 0.125 e. The number of benzene rings is 2. The molecule has 3 rings (SSSR count). The van der Waals surface area contributed by atoms with Gasteiger partial charge < -0.3 is 5.32 Å². The van der Waals surface area contributed by atoms with Crippen molar-refractivity contribution in [3.63, 3.8) is 0 Å². The number of nitrogens with zero attached hydrogens (tertiary/aromatic N) is 1. The van der Waals surface area contributed by atoms with E-state index in [0.29, 0.717) is 0 Å². The van der Waals surface area contributed by atoms with Crippen LogP contribution in [0.3, 0.4) is 0 Å². The summed E-state index contributed by atoms with van der Waals surface area (Å²) in [6.45, 7) is 5.55. The van der Waals surface area contributed by atoms with Crippen LogP contribution < -0.4 is 5.32 Å². The predicted octanol–water partition coefficient (Wildman–Crippen LogP) is 4.86. The van der Waals surface area contributed by atoms with Gasteiger partial charge in [0.2, 0.25) is 0 Å². The van der Waals surface area contributed by atoms with Gasteiger partial charge in [-0.2, -0.15) is 0 Å². The number of hydrogen-bond donors (Lipinski definition) is 1. The lowest BCUT2D eigenvalue weighted by molar-refractivity contribution is 0.221. The highest BCUT2D eigenvalue weighted by atomic mass is 19.1. The zero-order valence-corrected chi connectivity index (χ0v) is 13.1. The first kappa shape index (κ1) is 15.0. The van der Waals surface area contributed by atoms with Crippen LogP contribution in [0.2, 0.25) is 0 Å². The van der Waals surface area contributed by atoms with Crippen molar-refractivity contribution < 1.29 is 4.39 Å². The van der Waals surface area contributed by atoms with Crippen LogP contribution in [0.4, 0.5) is 15.8 Å². The highest BCUT2D eigenvalue weighted by Crippen LogP contribution is 2.23. The summed E-state index contributed by atoms with van der Waals surface area (Å²) in [5.41, 5.74) is 4.36. The molecule has 0 spiro atoms. The number of hydrogen-bond acceptors (Lipinski definition) is 2. The molecule has 1 aliphatic heterocycles. The summed E-state index contributed by atoms with van der Waals surface area (Å²) in [6, 6.07) is 13.1. The minimum absolute atomic E-state index is 0.218. The lowest BCUT2D eigenvalue weighted by Gasteiger charge is -2.26. The first-order chi connectivity index (χ1) is 10.7. The molecule has 1 heterocycles. The molecule has 0 unspecified atom stereocenters. The predicted molar refractivity (Wildman–Crippen MR) is 90.0 cm³/mol. The Bertz CT molecular complexity index is 633. The van der Waals surface area contributed by atoms with Gasteiger partial charge in [0.1, 0.15) is 5.82 Å². The van der Waals surface area contributed by atoms with Gasteiger partial charge in [-0.15, -0.1) is 0 Å². The summed E-state index contributed by atoms with van der Waals surface area (Å²) >= 11 is 0. The fraction of sp³-hybridized carbons (Fsp3) is 0.368. The van der Waals surface area contributed by atoms with E-state index in [0.717, 1.165) is 17.9 Å². The van der Waals surface area contributed by atoms with Crippen LogP contribution >= 0.6 is 0 Å². The molecule has 0 saturated carbocycles. The molecule has 0 atom stereocenters. The summed E-state index contributed by atoms with van der Waals surface area (Å²) in [4.78, 5) is 2.53. The van der Waals surface area contributed by atoms with Crippen molar-refractivity contribution in [3.05, 3.63) is 59.4 Å². The van der Waals surface area contributed by atoms with Crippen LogP contribution in [0.5, 0.6) is 0 Å². The number of piperidine rings is 1. The van der Waals surface area contributed by atoms with Gasteiger partial charge in [-0.05, 0) is 68.2 Å². The maximum absolute atomic E-state index is 13.2. The van der Waals surface area contributed by atoms with Gasteiger partial charge in [-0.1, -0.05) is 24.6 Å². The number of nitrogens with one attached hydrogen (secondary N) is 1. The van der Waals surface area contributed by atoms with Gasteiger partial charge >= 0.3 is 0 Å². The fourth-order valence-electron chi connectivity index (χ4n) is 3.06. The molecule has 3 heteroatoms. The van der Waals surface area contributed by atoms with Gasteiger partial charge in [0.25, 0.3) is 0 Å². The van der Waals surface area contributed by atoms with E-state index in [1.807, 2.05) is 6.07 Å². The van der Waals surface area contributed by atoms with Crippen molar-refractivity contribution in [2.45, 2.75) is 32.7 Å². The van der Waals surface area contributed by atoms with E-state index in [4.69, 9.17) is 0 Å². The van der Waals surface area contributed by atoms with E-state index in [-0.39, 0.29) is 5.82 Å². The summed E-state index contributed by atoms with van der Waals surface area (Å²) in [7, 11) is 0. The number of rotatable bonds is 4. The standard InChI is InChI=1S/C19H23FN2/c1-15-12-16(14-22-10-3-2-4-11-22)8-9-19(15)21-18-7-5-6-17(20)13-18/h5-9,12-13,21H,2-4,10-11,14H2,1H3. The molecule has 2 nitrogen and oxygen atoms in total. The third-order valence-electron chi connectivity index (χ3n) is 4.25. The lowest BCUT2D eigenvalue weighted by Crippen LogP contribution is -2.29. The molecule has 22 heavy (non-hydrogen) atoms. The van der Waals surface area contributed by atoms with E-state index in [9.17, 15) is 4.39 Å². The van der Waals surface area contributed by atoms with E-state index in [1.54, 1.807) is 6.07 Å². The average molecular weight is 298 g/mol. The van der Waals surface area contributed by atoms with E-state index in [1.165, 1.54) is 55.6 Å². The fourth-order valence-corrected chi connectivity index (χ4v) is 3.06. The third-order valence-corrected chi connectivity index (χ3v) is 4.25. The highest BCUT2D eigenvalue weighted by molar-refractivity contribution is 5.63. The highest BCUT2D eigenvalue weighted by Gasteiger charge is 2.11. The second-order valence-electron chi connectivity index (χ2n) is 6.12. The molecule has 0 bridgehead atoms. The van der Waals surface area contributed by atoms with Crippen molar-refractivity contribution >= 4 is 11.4 Å². The van der Waals surface area contributed by atoms with E-state index < -0.39 is 0 Å². The van der Waals surface area contributed by atoms with Crippen LogP contribution in [-0.2, 0) is 6.54 Å². The second kappa shape index (κ2) is 6.93. The van der Waals surface area contributed by atoms with E-state index >= 15 is 0 Å². The van der Waals surface area contributed by atoms with Crippen molar-refractivity contribution in [3.8, 4) is 0 Å². The number of anilines is 2. The van der Waals surface area contributed by atoms with Crippen LogP contribution in [0, 0.1) is 12.7 Å². The largest absolute Gasteiger partial charge is 0.355 e. The minimum atomic E-state index is -0.218. The summed E-state index contributed by atoms with van der Waals surface area (Å²) < 4.78 is 13.2. The summed E-state index contributed by atoms with van der Waals surface area (Å²) in [5, 5.41) is 3.29. The van der Waals surface area contributed by atoms with Gasteiger partial charge in [-0.25, -0.2) is 4.39 Å². The first-order valence-electron chi connectivity index (χ1n) is 8.05. The molecule has 2 aromatic rings. The Kier molecular flexibility index (Phi) is 4.74. The van der Waals surface area contributed by atoms with Crippen LogP contribution in [-0.4, -0.2) is 18.0 Å². The molecule has 2 aromatic carbocycles. The minimum Gasteiger partial charge on any atom is -0.355 e. The lowest BCUT2D eigenvalue weighted by atomic mass is 10.1. The SMILES string of the molecule is Cc1cc(CN2CCCCC2)ccc1Nc1cccc(F)c1. The van der Waals surface area contributed by atoms with Crippen molar-refractivity contribution in [2.24, 2.45) is 0 Å². The first-order valence-corrected chi connectivity index (χ1v) is 8.05. The molecular weight excluding hydrogens is 275 g/mol. The number of likely N-dealkylation sites (tertiary alicyclic amines) is 1. The quantitative estimate of drug-likeness (QED) is 0.867. The molecule has 1 fully saturated rings. The Hall–Kier alpha value is -1.87. The Morgan fingerprint density at radius 3 is 2.59 bits per heavy atom. The molecule has 0 amide bonds. The Labute approximate surface area is 132 Å². The molecule has 116 valence electrons. The van der Waals surface area contributed by atoms with Crippen LogP contribution in [0.15, 0.2) is 42.5 Å². The zero-order chi connectivity index (χ0) is 15.4. The Morgan fingerprint density at radius 2 is 1.86 bits per heavy atom. The molecule has 0 aliphatic carbocycles. The maximum atomic E-state index is 13.2. The van der Waals surface area contributed by atoms with E-state index in [2.05, 4.69) is 35.3 Å². The maximum Gasteiger partial charge on any atom is 0.125 e. The molecule has 0 radical (unpaired) electrons. The van der Waals surface area contributed by atoms with Gasteiger partial charge in [0.05, 0.1) is 0 Å². The Balaban J connectivity index is 1.69. The Morgan fingerprint density at radius 1 is 1.05 bits per heavy atom. The second-order valence-corrected chi connectivity index (χ2v) is 6.12. The van der Waals surface area contributed by atoms with Crippen LogP contribution in [0.1, 0.15) is 30.4 Å². The van der Waals surface area contributed by atoms with Crippen LogP contribution in [0.25, 0.3) is 0 Å². The monoisotopic (exact) mass is 298 g/mol. The molecule has 1 N–H and O–H groups in total. The molecule has 1 aliphatic rings. The average Bonchev–Trinajstić information content (AvgIpc) is 2.51. The van der Waals surface area contributed by atoms with Gasteiger partial charge in [-0.3, -0.25) is 4.90 Å². The van der Waals surface area contributed by atoms with Crippen molar-refractivity contribution in [2.75, 3.05) is 18.4 Å². The van der Waals surface area contributed by atoms with Crippen molar-refractivity contribution in [1.29, 1.82) is 0 Å². The van der Waals surface area contributed by atoms with Crippen molar-refractivity contribution in [1.82, 2.24) is 4.90 Å². The van der Waals surface area contributed by atoms with Gasteiger partial charge in [0.15, 0.2) is 0 Å². The third kappa shape index (κ3) is 3.86. The molecule has 1 saturated heterocycles.